The van der Waals surface area contributed by atoms with E-state index in [-0.39, 0.29) is 0 Å². The summed E-state index contributed by atoms with van der Waals surface area (Å²) in [6, 6.07) is 58.3. The highest BCUT2D eigenvalue weighted by Crippen LogP contribution is 2.53. The molecule has 4 nitrogen and oxygen atoms in total. The van der Waals surface area contributed by atoms with Crippen LogP contribution in [-0.2, 0) is 0 Å². The fourth-order valence-corrected chi connectivity index (χ4v) is 9.01. The first kappa shape index (κ1) is 29.1. The number of nitrogens with zero attached hydrogens (tertiary/aromatic N) is 4. The molecule has 3 aromatic heterocycles. The molecule has 5 heteroatoms. The molecule has 0 aliphatic carbocycles. The molecule has 0 saturated carbocycles. The van der Waals surface area contributed by atoms with Gasteiger partial charge in [-0.05, 0) is 76.3 Å². The summed E-state index contributed by atoms with van der Waals surface area (Å²) in [5.41, 5.74) is 12.0. The molecule has 0 radical (unpaired) electrons. The SMILES string of the molecule is c1ccc(-c2ccc(-c3nc(-c4ccc(N5c6ccc7ccccc7c6-c6cccc7cccc5c67)cc4)nc4c3sc3ccccc34)cc2)nc1. The zero-order valence-corrected chi connectivity index (χ0v) is 28.7. The molecule has 52 heavy (non-hydrogen) atoms. The molecule has 4 heterocycles. The maximum absolute atomic E-state index is 5.28. The molecule has 1 aliphatic rings. The van der Waals surface area contributed by atoms with E-state index in [0.29, 0.717) is 5.82 Å². The Morgan fingerprint density at radius 2 is 1.23 bits per heavy atom. The van der Waals surface area contributed by atoms with Crippen LogP contribution < -0.4 is 4.90 Å². The van der Waals surface area contributed by atoms with Crippen molar-refractivity contribution in [3.05, 3.63) is 170 Å². The predicted molar refractivity (Wildman–Crippen MR) is 218 cm³/mol. The van der Waals surface area contributed by atoms with Gasteiger partial charge >= 0.3 is 0 Å². The van der Waals surface area contributed by atoms with E-state index in [2.05, 4.69) is 155 Å². The van der Waals surface area contributed by atoms with E-state index in [0.717, 1.165) is 49.4 Å². The number of hydrogen-bond donors (Lipinski definition) is 0. The summed E-state index contributed by atoms with van der Waals surface area (Å²) in [5, 5.41) is 6.16. The number of anilines is 3. The highest BCUT2D eigenvalue weighted by molar-refractivity contribution is 7.26. The molecule has 0 bridgehead atoms. The Bertz CT molecular complexity index is 3000. The highest BCUT2D eigenvalue weighted by Gasteiger charge is 2.27. The molecule has 242 valence electrons. The first-order valence-electron chi connectivity index (χ1n) is 17.4. The van der Waals surface area contributed by atoms with Gasteiger partial charge in [0.2, 0.25) is 0 Å². The van der Waals surface area contributed by atoms with E-state index < -0.39 is 0 Å². The van der Waals surface area contributed by atoms with Gasteiger partial charge in [0, 0.05) is 49.6 Å². The fraction of sp³-hybridized carbons (Fsp3) is 0. The molecule has 0 fully saturated rings. The molecule has 0 saturated heterocycles. The number of hydrogen-bond acceptors (Lipinski definition) is 5. The Kier molecular flexibility index (Phi) is 6.39. The number of thiophene rings is 1. The van der Waals surface area contributed by atoms with Crippen molar-refractivity contribution >= 4 is 70.2 Å². The fourth-order valence-electron chi connectivity index (χ4n) is 7.86. The van der Waals surface area contributed by atoms with Crippen LogP contribution >= 0.6 is 11.3 Å². The van der Waals surface area contributed by atoms with Gasteiger partial charge in [0.15, 0.2) is 5.82 Å². The second kappa shape index (κ2) is 11.4. The van der Waals surface area contributed by atoms with Crippen molar-refractivity contribution in [2.24, 2.45) is 0 Å². The smallest absolute Gasteiger partial charge is 0.160 e. The Morgan fingerprint density at radius 1 is 0.500 bits per heavy atom. The van der Waals surface area contributed by atoms with Crippen LogP contribution in [0.4, 0.5) is 17.1 Å². The standard InChI is InChI=1S/C47H28N4S/c1-2-12-35-29(9-1)24-27-40-43(35)37-14-7-10-31-11-8-16-39(42(31)37)51(40)34-25-22-33(23-26-34)47-49-44(46-45(50-47)36-13-3-4-17-41(36)52-46)32-20-18-30(19-21-32)38-15-5-6-28-48-38/h1-28H. The summed E-state index contributed by atoms with van der Waals surface area (Å²) < 4.78 is 2.30. The first-order valence-corrected chi connectivity index (χ1v) is 18.3. The van der Waals surface area contributed by atoms with Gasteiger partial charge in [-0.15, -0.1) is 11.3 Å². The number of benzene rings is 7. The molecule has 10 aromatic rings. The molecule has 7 aromatic carbocycles. The minimum absolute atomic E-state index is 0.712. The lowest BCUT2D eigenvalue weighted by Crippen LogP contribution is -2.15. The van der Waals surface area contributed by atoms with Crippen LogP contribution in [0.3, 0.4) is 0 Å². The summed E-state index contributed by atoms with van der Waals surface area (Å²) in [5.74, 6) is 0.712. The van der Waals surface area contributed by atoms with Crippen molar-refractivity contribution in [2.45, 2.75) is 0 Å². The monoisotopic (exact) mass is 680 g/mol. The molecule has 0 unspecified atom stereocenters. The van der Waals surface area contributed by atoms with Crippen molar-refractivity contribution in [1.82, 2.24) is 15.0 Å². The van der Waals surface area contributed by atoms with Gasteiger partial charge in [-0.1, -0.05) is 109 Å². The Labute approximate surface area is 303 Å². The van der Waals surface area contributed by atoms with E-state index in [1.165, 1.54) is 48.7 Å². The molecule has 0 atom stereocenters. The molecular weight excluding hydrogens is 653 g/mol. The van der Waals surface area contributed by atoms with Crippen molar-refractivity contribution in [3.63, 3.8) is 0 Å². The average Bonchev–Trinajstić information content (AvgIpc) is 3.60. The van der Waals surface area contributed by atoms with Crippen LogP contribution in [0.2, 0.25) is 0 Å². The summed E-state index contributed by atoms with van der Waals surface area (Å²) >= 11 is 1.75. The zero-order chi connectivity index (χ0) is 34.2. The van der Waals surface area contributed by atoms with Gasteiger partial charge in [-0.2, -0.15) is 0 Å². The molecule has 0 amide bonds. The number of aromatic nitrogens is 3. The third kappa shape index (κ3) is 4.43. The molecule has 1 aliphatic heterocycles. The lowest BCUT2D eigenvalue weighted by molar-refractivity contribution is 1.23. The van der Waals surface area contributed by atoms with E-state index in [9.17, 15) is 0 Å². The molecule has 0 spiro atoms. The number of fused-ring (bicyclic) bond motifs is 7. The third-order valence-electron chi connectivity index (χ3n) is 10.3. The summed E-state index contributed by atoms with van der Waals surface area (Å²) in [6.07, 6.45) is 1.83. The third-order valence-corrected chi connectivity index (χ3v) is 11.4. The van der Waals surface area contributed by atoms with E-state index in [1.54, 1.807) is 11.3 Å². The zero-order valence-electron chi connectivity index (χ0n) is 27.9. The van der Waals surface area contributed by atoms with Crippen molar-refractivity contribution in [2.75, 3.05) is 4.90 Å². The minimum atomic E-state index is 0.712. The van der Waals surface area contributed by atoms with Gasteiger partial charge in [-0.3, -0.25) is 4.98 Å². The quantitative estimate of drug-likeness (QED) is 0.186. The van der Waals surface area contributed by atoms with Gasteiger partial charge < -0.3 is 4.90 Å². The maximum atomic E-state index is 5.28. The van der Waals surface area contributed by atoms with Gasteiger partial charge in [0.05, 0.1) is 33.0 Å². The van der Waals surface area contributed by atoms with Gasteiger partial charge in [0.25, 0.3) is 0 Å². The van der Waals surface area contributed by atoms with Crippen LogP contribution in [-0.4, -0.2) is 15.0 Å². The molecule has 11 rings (SSSR count). The minimum Gasteiger partial charge on any atom is -0.309 e. The lowest BCUT2D eigenvalue weighted by atomic mass is 9.87. The van der Waals surface area contributed by atoms with Crippen LogP contribution in [0.15, 0.2) is 170 Å². The van der Waals surface area contributed by atoms with E-state index >= 15 is 0 Å². The van der Waals surface area contributed by atoms with Crippen LogP contribution in [0.5, 0.6) is 0 Å². The van der Waals surface area contributed by atoms with Crippen LogP contribution in [0, 0.1) is 0 Å². The highest BCUT2D eigenvalue weighted by atomic mass is 32.1. The molecular formula is C47H28N4S. The number of pyridine rings is 1. The maximum Gasteiger partial charge on any atom is 0.160 e. The summed E-state index contributed by atoms with van der Waals surface area (Å²) in [7, 11) is 0. The number of rotatable bonds is 4. The van der Waals surface area contributed by atoms with E-state index in [1.807, 2.05) is 24.4 Å². The van der Waals surface area contributed by atoms with Crippen LogP contribution in [0.1, 0.15) is 0 Å². The topological polar surface area (TPSA) is 41.9 Å². The summed E-state index contributed by atoms with van der Waals surface area (Å²) in [6.45, 7) is 0. The lowest BCUT2D eigenvalue weighted by Gasteiger charge is -2.34. The van der Waals surface area contributed by atoms with Gasteiger partial charge in [-0.25, -0.2) is 9.97 Å². The molecule has 0 N–H and O–H groups in total. The Hall–Kier alpha value is -6.69. The predicted octanol–water partition coefficient (Wildman–Crippen LogP) is 13.0. The Morgan fingerprint density at radius 3 is 2.08 bits per heavy atom. The van der Waals surface area contributed by atoms with Crippen molar-refractivity contribution < 1.29 is 0 Å². The van der Waals surface area contributed by atoms with Crippen molar-refractivity contribution in [3.8, 4) is 45.0 Å². The first-order chi connectivity index (χ1) is 25.8. The second-order valence-electron chi connectivity index (χ2n) is 13.2. The van der Waals surface area contributed by atoms with Crippen molar-refractivity contribution in [1.29, 1.82) is 0 Å². The summed E-state index contributed by atoms with van der Waals surface area (Å²) in [4.78, 5) is 17.5. The van der Waals surface area contributed by atoms with E-state index in [4.69, 9.17) is 9.97 Å². The largest absolute Gasteiger partial charge is 0.309 e. The van der Waals surface area contributed by atoms with Gasteiger partial charge in [0.1, 0.15) is 0 Å². The second-order valence-corrected chi connectivity index (χ2v) is 14.3. The van der Waals surface area contributed by atoms with Crippen LogP contribution in [0.25, 0.3) is 86.9 Å². The Balaban J connectivity index is 1.06. The average molecular weight is 681 g/mol. The normalized spacial score (nSPS) is 12.2.